The number of amides is 1. The molecule has 3 aromatic carbocycles. The second kappa shape index (κ2) is 13.0. The van der Waals surface area contributed by atoms with E-state index >= 15 is 0 Å². The Morgan fingerprint density at radius 1 is 1.03 bits per heavy atom. The number of rotatable bonds is 8. The van der Waals surface area contributed by atoms with E-state index in [1.807, 2.05) is 63.2 Å². The van der Waals surface area contributed by atoms with Gasteiger partial charge < -0.3 is 19.3 Å². The molecule has 0 saturated carbocycles. The van der Waals surface area contributed by atoms with Gasteiger partial charge in [0.2, 0.25) is 0 Å². The predicted molar refractivity (Wildman–Crippen MR) is 156 cm³/mol. The maximum absolute atomic E-state index is 12.3. The lowest BCUT2D eigenvalue weighted by Crippen LogP contribution is -2.44. The van der Waals surface area contributed by atoms with Crippen molar-refractivity contribution in [1.29, 1.82) is 5.26 Å². The third kappa shape index (κ3) is 8.65. The minimum absolute atomic E-state index is 0.0714. The molecule has 0 N–H and O–H groups in total. The number of likely N-dealkylation sites (tertiary alicyclic amines) is 1. The van der Waals surface area contributed by atoms with Gasteiger partial charge >= 0.3 is 6.09 Å². The molecule has 1 saturated heterocycles. The summed E-state index contributed by atoms with van der Waals surface area (Å²) >= 11 is 0. The Morgan fingerprint density at radius 2 is 1.74 bits per heavy atom. The highest BCUT2D eigenvalue weighted by Gasteiger charge is 2.27. The topological polar surface area (TPSA) is 65.8 Å². The predicted octanol–water partition coefficient (Wildman–Crippen LogP) is 7.06. The number of ether oxygens (including phenoxy) is 2. The van der Waals surface area contributed by atoms with Gasteiger partial charge in [0, 0.05) is 44.7 Å². The van der Waals surface area contributed by atoms with E-state index in [0.29, 0.717) is 18.7 Å². The van der Waals surface area contributed by atoms with Crippen LogP contribution in [0.25, 0.3) is 6.08 Å². The number of piperidine rings is 1. The molecule has 1 fully saturated rings. The normalized spacial score (nSPS) is 14.2. The van der Waals surface area contributed by atoms with Crippen molar-refractivity contribution in [2.75, 3.05) is 24.5 Å². The van der Waals surface area contributed by atoms with E-state index in [0.717, 1.165) is 42.9 Å². The minimum Gasteiger partial charge on any atom is -0.490 e. The van der Waals surface area contributed by atoms with Crippen LogP contribution in [0.15, 0.2) is 84.9 Å². The van der Waals surface area contributed by atoms with Gasteiger partial charge in [-0.05, 0) is 68.3 Å². The van der Waals surface area contributed by atoms with E-state index in [9.17, 15) is 10.1 Å². The van der Waals surface area contributed by atoms with Crippen molar-refractivity contribution >= 4 is 17.9 Å². The van der Waals surface area contributed by atoms with Crippen LogP contribution in [0.5, 0.6) is 5.75 Å². The van der Waals surface area contributed by atoms with Gasteiger partial charge in [0.25, 0.3) is 0 Å². The maximum atomic E-state index is 12.3. The number of carbonyl (C=O) groups is 1. The first-order valence-electron chi connectivity index (χ1n) is 13.5. The summed E-state index contributed by atoms with van der Waals surface area (Å²) < 4.78 is 11.8. The fourth-order valence-corrected chi connectivity index (χ4v) is 4.50. The molecular weight excluding hydrogens is 486 g/mol. The van der Waals surface area contributed by atoms with Gasteiger partial charge in [-0.2, -0.15) is 5.26 Å². The van der Waals surface area contributed by atoms with E-state index < -0.39 is 5.60 Å². The Labute approximate surface area is 232 Å². The molecule has 0 aliphatic carbocycles. The smallest absolute Gasteiger partial charge is 0.410 e. The number of benzene rings is 3. The average Bonchev–Trinajstić information content (AvgIpc) is 2.93. The molecule has 39 heavy (non-hydrogen) atoms. The van der Waals surface area contributed by atoms with Crippen molar-refractivity contribution in [3.05, 3.63) is 102 Å². The van der Waals surface area contributed by atoms with Crippen LogP contribution in [-0.4, -0.2) is 42.3 Å². The number of hydrogen-bond acceptors (Lipinski definition) is 5. The van der Waals surface area contributed by atoms with Gasteiger partial charge in [-0.1, -0.05) is 54.6 Å². The summed E-state index contributed by atoms with van der Waals surface area (Å²) in [7, 11) is 0. The number of nitrogens with zero attached hydrogens (tertiary/aromatic N) is 3. The largest absolute Gasteiger partial charge is 0.490 e. The second-order valence-electron chi connectivity index (χ2n) is 10.8. The molecule has 3 aromatic rings. The molecule has 0 radical (unpaired) electrons. The summed E-state index contributed by atoms with van der Waals surface area (Å²) in [4.78, 5) is 16.4. The van der Waals surface area contributed by atoms with E-state index in [-0.39, 0.29) is 12.2 Å². The lowest BCUT2D eigenvalue weighted by atomic mass is 10.1. The number of anilines is 1. The number of nitriles is 1. The molecule has 1 aliphatic heterocycles. The molecule has 1 heterocycles. The van der Waals surface area contributed by atoms with Crippen LogP contribution in [-0.2, 0) is 11.3 Å². The van der Waals surface area contributed by atoms with Gasteiger partial charge in [-0.25, -0.2) is 4.79 Å². The van der Waals surface area contributed by atoms with Crippen molar-refractivity contribution in [1.82, 2.24) is 4.90 Å². The van der Waals surface area contributed by atoms with E-state index in [1.54, 1.807) is 4.90 Å². The van der Waals surface area contributed by atoms with Crippen LogP contribution in [0.4, 0.5) is 10.5 Å². The SMILES string of the molecule is CC(C)(C)OC(=O)N1CCC(Oc2ccc(N(CC=Cc3cccc(C#N)c3)Cc3ccccc3)cc2)CC1. The van der Waals surface area contributed by atoms with E-state index in [4.69, 9.17) is 9.47 Å². The summed E-state index contributed by atoms with van der Waals surface area (Å²) in [6.07, 6.45) is 5.55. The van der Waals surface area contributed by atoms with Crippen LogP contribution in [0.1, 0.15) is 50.3 Å². The zero-order valence-corrected chi connectivity index (χ0v) is 23.0. The molecule has 202 valence electrons. The summed E-state index contributed by atoms with van der Waals surface area (Å²) in [6.45, 7) is 8.41. The molecule has 0 spiro atoms. The lowest BCUT2D eigenvalue weighted by molar-refractivity contribution is 0.0126. The molecule has 1 aliphatic rings. The zero-order chi connectivity index (χ0) is 27.7. The van der Waals surface area contributed by atoms with Crippen LogP contribution >= 0.6 is 0 Å². The number of hydrogen-bond donors (Lipinski definition) is 0. The summed E-state index contributed by atoms with van der Waals surface area (Å²) in [5, 5.41) is 9.17. The highest BCUT2D eigenvalue weighted by molar-refractivity contribution is 5.68. The standard InChI is InChI=1S/C33H37N3O3/c1-33(2,3)39-32(37)35-21-18-31(19-22-35)38-30-16-14-29(15-17-30)36(25-27-9-5-4-6-10-27)20-8-13-26-11-7-12-28(23-26)24-34/h4-17,23,31H,18-22,25H2,1-3H3. The second-order valence-corrected chi connectivity index (χ2v) is 10.8. The Bertz CT molecular complexity index is 1280. The zero-order valence-electron chi connectivity index (χ0n) is 23.0. The van der Waals surface area contributed by atoms with Crippen molar-refractivity contribution < 1.29 is 14.3 Å². The Balaban J connectivity index is 1.37. The van der Waals surface area contributed by atoms with Crippen LogP contribution in [0.3, 0.4) is 0 Å². The molecule has 0 bridgehead atoms. The molecule has 6 nitrogen and oxygen atoms in total. The monoisotopic (exact) mass is 523 g/mol. The van der Waals surface area contributed by atoms with Crippen molar-refractivity contribution in [2.24, 2.45) is 0 Å². The Kier molecular flexibility index (Phi) is 9.27. The lowest BCUT2D eigenvalue weighted by Gasteiger charge is -2.33. The third-order valence-corrected chi connectivity index (χ3v) is 6.47. The molecule has 0 aromatic heterocycles. The highest BCUT2D eigenvalue weighted by atomic mass is 16.6. The molecule has 1 amide bonds. The minimum atomic E-state index is -0.487. The van der Waals surface area contributed by atoms with E-state index in [2.05, 4.69) is 59.5 Å². The first-order valence-corrected chi connectivity index (χ1v) is 13.5. The maximum Gasteiger partial charge on any atom is 0.410 e. The van der Waals surface area contributed by atoms with Crippen molar-refractivity contribution in [3.8, 4) is 11.8 Å². The van der Waals surface area contributed by atoms with Crippen LogP contribution < -0.4 is 9.64 Å². The highest BCUT2D eigenvalue weighted by Crippen LogP contribution is 2.25. The van der Waals surface area contributed by atoms with Crippen molar-refractivity contribution in [2.45, 2.75) is 51.9 Å². The third-order valence-electron chi connectivity index (χ3n) is 6.47. The first kappa shape index (κ1) is 27.8. The average molecular weight is 524 g/mol. The first-order chi connectivity index (χ1) is 18.8. The van der Waals surface area contributed by atoms with Crippen LogP contribution in [0.2, 0.25) is 0 Å². The fourth-order valence-electron chi connectivity index (χ4n) is 4.50. The van der Waals surface area contributed by atoms with E-state index in [1.165, 1.54) is 5.56 Å². The summed E-state index contributed by atoms with van der Waals surface area (Å²) in [6, 6.07) is 28.4. The Morgan fingerprint density at radius 3 is 2.41 bits per heavy atom. The van der Waals surface area contributed by atoms with Crippen molar-refractivity contribution in [3.63, 3.8) is 0 Å². The molecule has 0 unspecified atom stereocenters. The quantitative estimate of drug-likeness (QED) is 0.316. The van der Waals surface area contributed by atoms with Gasteiger partial charge in [0.1, 0.15) is 17.5 Å². The van der Waals surface area contributed by atoms with Gasteiger partial charge in [-0.3, -0.25) is 0 Å². The summed E-state index contributed by atoms with van der Waals surface area (Å²) in [5.41, 5.74) is 3.51. The number of carbonyl (C=O) groups excluding carboxylic acids is 1. The van der Waals surface area contributed by atoms with Gasteiger partial charge in [-0.15, -0.1) is 0 Å². The fraction of sp³-hybridized carbons (Fsp3) is 0.333. The Hall–Kier alpha value is -4.24. The molecular formula is C33H37N3O3. The molecule has 4 rings (SSSR count). The molecule has 0 atom stereocenters. The molecule has 6 heteroatoms. The summed E-state index contributed by atoms with van der Waals surface area (Å²) in [5.74, 6) is 0.831. The van der Waals surface area contributed by atoms with Gasteiger partial charge in [0.15, 0.2) is 0 Å². The van der Waals surface area contributed by atoms with Crippen LogP contribution in [0, 0.1) is 11.3 Å². The van der Waals surface area contributed by atoms with Gasteiger partial charge in [0.05, 0.1) is 11.6 Å².